The first-order valence-corrected chi connectivity index (χ1v) is 3.96. The monoisotopic (exact) mass is 177 g/mol. The smallest absolute Gasteiger partial charge is 0.110 e. The van der Waals surface area contributed by atoms with Gasteiger partial charge in [0.25, 0.3) is 0 Å². The summed E-state index contributed by atoms with van der Waals surface area (Å²) in [6.45, 7) is 0.0363. The van der Waals surface area contributed by atoms with Crippen molar-refractivity contribution in [3.8, 4) is 0 Å². The minimum Gasteiger partial charge on any atom is -0.394 e. The van der Waals surface area contributed by atoms with Crippen molar-refractivity contribution in [3.63, 3.8) is 0 Å². The van der Waals surface area contributed by atoms with Gasteiger partial charge in [-0.1, -0.05) is 0 Å². The maximum Gasteiger partial charge on any atom is 0.110 e. The minimum atomic E-state index is -1.01. The number of aliphatic hydroxyl groups is 3. The SMILES string of the molecule is CN[C@@H]1CO[C@H](CO)[C@H](O)[C@@H]1O. The zero-order valence-electron chi connectivity index (χ0n) is 6.97. The molecule has 0 radical (unpaired) electrons. The summed E-state index contributed by atoms with van der Waals surface area (Å²) in [7, 11) is 1.68. The second-order valence-corrected chi connectivity index (χ2v) is 2.93. The molecule has 4 atom stereocenters. The minimum absolute atomic E-state index is 0.261. The molecule has 1 heterocycles. The standard InChI is InChI=1S/C7H15NO4/c1-8-4-3-12-5(2-9)7(11)6(4)10/h4-11H,2-3H2,1H3/t4-,5-,6-,7+/m1/s1. The van der Waals surface area contributed by atoms with Gasteiger partial charge in [0.15, 0.2) is 0 Å². The Balaban J connectivity index is 2.52. The van der Waals surface area contributed by atoms with Gasteiger partial charge in [0.05, 0.1) is 19.3 Å². The molecule has 0 aliphatic carbocycles. The highest BCUT2D eigenvalue weighted by Crippen LogP contribution is 2.14. The Morgan fingerprint density at radius 1 is 1.42 bits per heavy atom. The van der Waals surface area contributed by atoms with Crippen LogP contribution in [-0.2, 0) is 4.74 Å². The molecule has 12 heavy (non-hydrogen) atoms. The van der Waals surface area contributed by atoms with Crippen LogP contribution in [0.2, 0.25) is 0 Å². The van der Waals surface area contributed by atoms with Crippen molar-refractivity contribution in [1.29, 1.82) is 0 Å². The van der Waals surface area contributed by atoms with Crippen molar-refractivity contribution >= 4 is 0 Å². The number of ether oxygens (including phenoxy) is 1. The van der Waals surface area contributed by atoms with Gasteiger partial charge in [0.2, 0.25) is 0 Å². The van der Waals surface area contributed by atoms with Gasteiger partial charge in [-0.3, -0.25) is 0 Å². The average molecular weight is 177 g/mol. The first-order valence-electron chi connectivity index (χ1n) is 3.96. The molecule has 4 N–H and O–H groups in total. The summed E-state index contributed by atoms with van der Waals surface area (Å²) in [4.78, 5) is 0. The number of hydrogen-bond donors (Lipinski definition) is 4. The van der Waals surface area contributed by atoms with Gasteiger partial charge in [0.1, 0.15) is 18.3 Å². The van der Waals surface area contributed by atoms with E-state index < -0.39 is 18.3 Å². The molecule has 0 aromatic heterocycles. The van der Waals surface area contributed by atoms with Gasteiger partial charge in [-0.05, 0) is 7.05 Å². The van der Waals surface area contributed by atoms with Gasteiger partial charge in [-0.15, -0.1) is 0 Å². The second-order valence-electron chi connectivity index (χ2n) is 2.93. The van der Waals surface area contributed by atoms with Crippen LogP contribution < -0.4 is 5.32 Å². The largest absolute Gasteiger partial charge is 0.394 e. The van der Waals surface area contributed by atoms with Gasteiger partial charge < -0.3 is 25.4 Å². The van der Waals surface area contributed by atoms with Crippen molar-refractivity contribution in [2.75, 3.05) is 20.3 Å². The van der Waals surface area contributed by atoms with Crippen LogP contribution in [0.4, 0.5) is 0 Å². The molecule has 1 aliphatic heterocycles. The second kappa shape index (κ2) is 4.15. The lowest BCUT2D eigenvalue weighted by molar-refractivity contribution is -0.160. The molecule has 5 heteroatoms. The number of hydrogen-bond acceptors (Lipinski definition) is 5. The van der Waals surface area contributed by atoms with Gasteiger partial charge in [-0.25, -0.2) is 0 Å². The highest BCUT2D eigenvalue weighted by atomic mass is 16.5. The Hall–Kier alpha value is -0.200. The molecule has 1 fully saturated rings. The lowest BCUT2D eigenvalue weighted by Crippen LogP contribution is -2.58. The fourth-order valence-electron chi connectivity index (χ4n) is 1.30. The predicted molar refractivity (Wildman–Crippen MR) is 41.7 cm³/mol. The van der Waals surface area contributed by atoms with Gasteiger partial charge in [-0.2, -0.15) is 0 Å². The Morgan fingerprint density at radius 3 is 2.58 bits per heavy atom. The summed E-state index contributed by atoms with van der Waals surface area (Å²) in [5, 5.41) is 30.3. The van der Waals surface area contributed by atoms with Crippen LogP contribution in [-0.4, -0.2) is 59.9 Å². The van der Waals surface area contributed by atoms with E-state index in [1.54, 1.807) is 7.05 Å². The fraction of sp³-hybridized carbons (Fsp3) is 1.00. The van der Waals surface area contributed by atoms with Crippen molar-refractivity contribution in [1.82, 2.24) is 5.32 Å². The van der Waals surface area contributed by atoms with E-state index in [1.165, 1.54) is 0 Å². The molecule has 0 aromatic rings. The highest BCUT2D eigenvalue weighted by molar-refractivity contribution is 4.89. The van der Waals surface area contributed by atoms with Crippen LogP contribution in [0.1, 0.15) is 0 Å². The topological polar surface area (TPSA) is 82.0 Å². The maximum absolute atomic E-state index is 9.44. The summed E-state index contributed by atoms with van der Waals surface area (Å²) < 4.78 is 5.09. The molecular formula is C7H15NO4. The summed E-state index contributed by atoms with van der Waals surface area (Å²) in [6, 6.07) is -0.261. The Kier molecular flexibility index (Phi) is 3.42. The van der Waals surface area contributed by atoms with Crippen LogP contribution in [0.15, 0.2) is 0 Å². The predicted octanol–water partition coefficient (Wildman–Crippen LogP) is -2.31. The Labute approximate surface area is 71.0 Å². The molecule has 1 aliphatic rings. The lowest BCUT2D eigenvalue weighted by Gasteiger charge is -2.36. The molecule has 0 saturated carbocycles. The molecule has 5 nitrogen and oxygen atoms in total. The first kappa shape index (κ1) is 9.88. The molecule has 0 bridgehead atoms. The van der Waals surface area contributed by atoms with Gasteiger partial charge in [0, 0.05) is 0 Å². The molecule has 1 saturated heterocycles. The normalized spacial score (nSPS) is 43.0. The molecule has 0 amide bonds. The van der Waals surface area contributed by atoms with E-state index in [9.17, 15) is 10.2 Å². The molecule has 0 unspecified atom stereocenters. The van der Waals surface area contributed by atoms with E-state index in [0.717, 1.165) is 0 Å². The van der Waals surface area contributed by atoms with Crippen LogP contribution >= 0.6 is 0 Å². The molecule has 0 aromatic carbocycles. The third kappa shape index (κ3) is 1.75. The van der Waals surface area contributed by atoms with E-state index >= 15 is 0 Å². The summed E-state index contributed by atoms with van der Waals surface area (Å²) in [5.41, 5.74) is 0. The average Bonchev–Trinajstić information content (AvgIpc) is 2.10. The van der Waals surface area contributed by atoms with E-state index in [2.05, 4.69) is 5.32 Å². The van der Waals surface area contributed by atoms with Crippen LogP contribution in [0.3, 0.4) is 0 Å². The highest BCUT2D eigenvalue weighted by Gasteiger charge is 2.36. The quantitative estimate of drug-likeness (QED) is 0.381. The van der Waals surface area contributed by atoms with Gasteiger partial charge >= 0.3 is 0 Å². The summed E-state index contributed by atoms with van der Waals surface area (Å²) >= 11 is 0. The number of aliphatic hydroxyl groups excluding tert-OH is 3. The zero-order valence-corrected chi connectivity index (χ0v) is 6.97. The molecule has 0 spiro atoms. The molecule has 72 valence electrons. The maximum atomic E-state index is 9.44. The van der Waals surface area contributed by atoms with Crippen LogP contribution in [0.5, 0.6) is 0 Å². The Morgan fingerprint density at radius 2 is 2.08 bits per heavy atom. The zero-order chi connectivity index (χ0) is 9.14. The molecular weight excluding hydrogens is 162 g/mol. The summed E-state index contributed by atoms with van der Waals surface area (Å²) in [6.07, 6.45) is -2.55. The number of nitrogens with one attached hydrogen (secondary N) is 1. The van der Waals surface area contributed by atoms with E-state index in [-0.39, 0.29) is 12.6 Å². The first-order chi connectivity index (χ1) is 5.70. The number of likely N-dealkylation sites (N-methyl/N-ethyl adjacent to an activating group) is 1. The summed E-state index contributed by atoms with van der Waals surface area (Å²) in [5.74, 6) is 0. The van der Waals surface area contributed by atoms with E-state index in [1.807, 2.05) is 0 Å². The fourth-order valence-corrected chi connectivity index (χ4v) is 1.30. The van der Waals surface area contributed by atoms with Crippen molar-refractivity contribution < 1.29 is 20.1 Å². The van der Waals surface area contributed by atoms with E-state index in [0.29, 0.717) is 6.61 Å². The van der Waals surface area contributed by atoms with Crippen LogP contribution in [0.25, 0.3) is 0 Å². The molecule has 1 rings (SSSR count). The third-order valence-corrected chi connectivity index (χ3v) is 2.18. The van der Waals surface area contributed by atoms with Crippen LogP contribution in [0, 0.1) is 0 Å². The lowest BCUT2D eigenvalue weighted by atomic mass is 9.99. The van der Waals surface area contributed by atoms with Crippen molar-refractivity contribution in [3.05, 3.63) is 0 Å². The van der Waals surface area contributed by atoms with E-state index in [4.69, 9.17) is 9.84 Å². The third-order valence-electron chi connectivity index (χ3n) is 2.18. The van der Waals surface area contributed by atoms with Crippen molar-refractivity contribution in [2.45, 2.75) is 24.4 Å². The number of rotatable bonds is 2. The Bertz CT molecular complexity index is 127. The van der Waals surface area contributed by atoms with Crippen molar-refractivity contribution in [2.24, 2.45) is 0 Å².